The molecule has 2 aromatic carbocycles. The Hall–Kier alpha value is -3.88. The van der Waals surface area contributed by atoms with Gasteiger partial charge in [-0.1, -0.05) is 54.6 Å². The molecule has 7 nitrogen and oxygen atoms in total. The summed E-state index contributed by atoms with van der Waals surface area (Å²) in [5.41, 5.74) is 3.64. The van der Waals surface area contributed by atoms with Gasteiger partial charge in [0.25, 0.3) is 0 Å². The number of para-hydroxylation sites is 1. The predicted molar refractivity (Wildman–Crippen MR) is 153 cm³/mol. The van der Waals surface area contributed by atoms with Crippen LogP contribution in [0, 0.1) is 17.8 Å². The number of fused-ring (bicyclic) bond motifs is 3. The first-order valence-corrected chi connectivity index (χ1v) is 14.0. The number of anilines is 1. The van der Waals surface area contributed by atoms with Gasteiger partial charge in [-0.25, -0.2) is 0 Å². The number of hydrogen-bond acceptors (Lipinski definition) is 6. The van der Waals surface area contributed by atoms with Crippen molar-refractivity contribution in [2.24, 2.45) is 17.8 Å². The summed E-state index contributed by atoms with van der Waals surface area (Å²) in [5, 5.41) is 9.38. The highest BCUT2D eigenvalue weighted by molar-refractivity contribution is 9.12. The van der Waals surface area contributed by atoms with Crippen LogP contribution >= 0.6 is 15.9 Å². The quantitative estimate of drug-likeness (QED) is 0.294. The number of allylic oxidation sites excluding steroid dienone is 6. The summed E-state index contributed by atoms with van der Waals surface area (Å²) in [6, 6.07) is 14.3. The van der Waals surface area contributed by atoms with Gasteiger partial charge in [0.15, 0.2) is 11.6 Å². The summed E-state index contributed by atoms with van der Waals surface area (Å²) in [5.74, 6) is -2.92. The van der Waals surface area contributed by atoms with Crippen molar-refractivity contribution in [3.63, 3.8) is 0 Å². The molecule has 1 heterocycles. The number of carbonyl (C=O) groups is 4. The summed E-state index contributed by atoms with van der Waals surface area (Å²) in [4.78, 5) is 55.7. The minimum absolute atomic E-state index is 0.0632. The number of rotatable bonds is 6. The number of ketones is 2. The number of ether oxygens (including phenoxy) is 1. The third kappa shape index (κ3) is 4.05. The lowest BCUT2D eigenvalue weighted by atomic mass is 9.59. The van der Waals surface area contributed by atoms with Crippen molar-refractivity contribution in [2.75, 3.05) is 18.1 Å². The zero-order valence-electron chi connectivity index (χ0n) is 21.5. The maximum Gasteiger partial charge on any atom is 0.238 e. The molecule has 4 atom stereocenters. The van der Waals surface area contributed by atoms with Gasteiger partial charge >= 0.3 is 0 Å². The Labute approximate surface area is 239 Å². The van der Waals surface area contributed by atoms with E-state index >= 15 is 0 Å². The maximum absolute atomic E-state index is 14.0. The molecule has 1 aliphatic heterocycles. The van der Waals surface area contributed by atoms with Gasteiger partial charge in [0.1, 0.15) is 12.4 Å². The van der Waals surface area contributed by atoms with Crippen molar-refractivity contribution >= 4 is 51.1 Å². The van der Waals surface area contributed by atoms with Crippen molar-refractivity contribution in [3.8, 4) is 5.75 Å². The fourth-order valence-corrected chi connectivity index (χ4v) is 7.03. The lowest BCUT2D eigenvalue weighted by molar-refractivity contribution is -0.123. The molecular weight excluding hydrogens is 574 g/mol. The molecule has 4 unspecified atom stereocenters. The Balaban J connectivity index is 1.47. The van der Waals surface area contributed by atoms with Crippen molar-refractivity contribution in [1.29, 1.82) is 0 Å². The number of hydrogen-bond donors (Lipinski definition) is 1. The lowest BCUT2D eigenvalue weighted by Gasteiger charge is -2.42. The minimum atomic E-state index is -0.666. The van der Waals surface area contributed by atoms with E-state index in [9.17, 15) is 24.3 Å². The molecule has 1 N–H and O–H groups in total. The molecule has 0 aromatic heterocycles. The van der Waals surface area contributed by atoms with Crippen LogP contribution in [0.5, 0.6) is 5.75 Å². The summed E-state index contributed by atoms with van der Waals surface area (Å²) in [6.07, 6.45) is 5.51. The normalized spacial score (nSPS) is 25.7. The number of aliphatic hydroxyl groups excluding tert-OH is 1. The fourth-order valence-electron chi connectivity index (χ4n) is 6.58. The van der Waals surface area contributed by atoms with Crippen molar-refractivity contribution in [3.05, 3.63) is 99.6 Å². The zero-order valence-corrected chi connectivity index (χ0v) is 23.1. The molecular formula is C32H26BrNO6. The molecule has 0 saturated carbocycles. The first-order chi connectivity index (χ1) is 19.3. The summed E-state index contributed by atoms with van der Waals surface area (Å²) < 4.78 is 6.02. The number of benzene rings is 2. The van der Waals surface area contributed by atoms with E-state index in [1.807, 2.05) is 30.3 Å². The molecule has 6 rings (SSSR count). The van der Waals surface area contributed by atoms with Crippen molar-refractivity contribution in [2.45, 2.75) is 18.8 Å². The summed E-state index contributed by atoms with van der Waals surface area (Å²) >= 11 is 3.25. The van der Waals surface area contributed by atoms with E-state index in [-0.39, 0.29) is 47.5 Å². The van der Waals surface area contributed by atoms with E-state index in [0.717, 1.165) is 11.1 Å². The SMILES string of the molecule is C=Cc1ccc(N2C(=O)C3CC=C4C(c5ccccc5OCCO)C5=C(CC4C3C2=O)C(=O)C(Br)=CC5=O)cc1. The fraction of sp³-hybridized carbons (Fsp3) is 0.250. The van der Waals surface area contributed by atoms with E-state index in [0.29, 0.717) is 34.6 Å². The molecule has 40 heavy (non-hydrogen) atoms. The molecule has 0 spiro atoms. The lowest BCUT2D eigenvalue weighted by Crippen LogP contribution is -2.39. The van der Waals surface area contributed by atoms with Gasteiger partial charge in [-0.15, -0.1) is 0 Å². The zero-order chi connectivity index (χ0) is 28.1. The Kier molecular flexibility index (Phi) is 6.76. The minimum Gasteiger partial charge on any atom is -0.491 e. The highest BCUT2D eigenvalue weighted by Gasteiger charge is 2.56. The number of Topliss-reactive ketones (excluding diaryl/α,β-unsaturated/α-hetero) is 1. The Morgan fingerprint density at radius 1 is 1.02 bits per heavy atom. The predicted octanol–water partition coefficient (Wildman–Crippen LogP) is 4.67. The second-order valence-electron chi connectivity index (χ2n) is 10.3. The molecule has 2 aromatic rings. The molecule has 0 radical (unpaired) electrons. The monoisotopic (exact) mass is 599 g/mol. The van der Waals surface area contributed by atoms with Gasteiger partial charge in [-0.05, 0) is 58.5 Å². The van der Waals surface area contributed by atoms with Crippen LogP contribution in [0.4, 0.5) is 5.69 Å². The van der Waals surface area contributed by atoms with Crippen LogP contribution in [0.15, 0.2) is 88.5 Å². The summed E-state index contributed by atoms with van der Waals surface area (Å²) in [7, 11) is 0. The molecule has 1 fully saturated rings. The highest BCUT2D eigenvalue weighted by atomic mass is 79.9. The van der Waals surface area contributed by atoms with Crippen LogP contribution in [-0.2, 0) is 19.2 Å². The van der Waals surface area contributed by atoms with Crippen LogP contribution < -0.4 is 9.64 Å². The van der Waals surface area contributed by atoms with Crippen molar-refractivity contribution < 1.29 is 29.0 Å². The maximum atomic E-state index is 14.0. The number of halogens is 1. The third-order valence-electron chi connectivity index (χ3n) is 8.30. The summed E-state index contributed by atoms with van der Waals surface area (Å²) in [6.45, 7) is 3.64. The molecule has 1 saturated heterocycles. The smallest absolute Gasteiger partial charge is 0.238 e. The van der Waals surface area contributed by atoms with Gasteiger partial charge < -0.3 is 9.84 Å². The Morgan fingerprint density at radius 3 is 2.50 bits per heavy atom. The average Bonchev–Trinajstić information content (AvgIpc) is 3.23. The number of carbonyl (C=O) groups excluding carboxylic acids is 4. The Morgan fingerprint density at radius 2 is 1.77 bits per heavy atom. The van der Waals surface area contributed by atoms with Crippen LogP contribution in [-0.4, -0.2) is 41.7 Å². The van der Waals surface area contributed by atoms with Crippen LogP contribution in [0.25, 0.3) is 6.08 Å². The van der Waals surface area contributed by atoms with E-state index in [4.69, 9.17) is 4.74 Å². The largest absolute Gasteiger partial charge is 0.491 e. The van der Waals surface area contributed by atoms with Gasteiger partial charge in [0.2, 0.25) is 11.8 Å². The van der Waals surface area contributed by atoms with Gasteiger partial charge in [0, 0.05) is 28.7 Å². The van der Waals surface area contributed by atoms with Crippen LogP contribution in [0.3, 0.4) is 0 Å². The first-order valence-electron chi connectivity index (χ1n) is 13.2. The van der Waals surface area contributed by atoms with E-state index in [2.05, 4.69) is 22.5 Å². The van der Waals surface area contributed by atoms with Crippen LogP contribution in [0.2, 0.25) is 0 Å². The molecule has 8 heteroatoms. The molecule has 202 valence electrons. The first kappa shape index (κ1) is 26.3. The highest BCUT2D eigenvalue weighted by Crippen LogP contribution is 2.56. The number of imide groups is 1. The standard InChI is InChI=1S/C32H26BrNO6/c1-2-17-7-9-18(10-8-17)34-31(38)21-12-11-19-22(28(21)32(34)39)15-23-29(25(36)16-24(33)30(23)37)27(19)20-5-3-4-6-26(20)40-14-13-35/h2-11,16,21-22,27-28,35H,1,12-15H2. The number of aliphatic hydroxyl groups is 1. The van der Waals surface area contributed by atoms with Gasteiger partial charge in [-0.2, -0.15) is 0 Å². The topological polar surface area (TPSA) is 101 Å². The molecule has 2 amide bonds. The van der Waals surface area contributed by atoms with Gasteiger partial charge in [0.05, 0.1) is 28.6 Å². The third-order valence-corrected chi connectivity index (χ3v) is 8.89. The molecule has 4 aliphatic rings. The van der Waals surface area contributed by atoms with Gasteiger partial charge in [-0.3, -0.25) is 24.1 Å². The molecule has 3 aliphatic carbocycles. The number of amides is 2. The second-order valence-corrected chi connectivity index (χ2v) is 11.2. The van der Waals surface area contributed by atoms with Crippen molar-refractivity contribution in [1.82, 2.24) is 0 Å². The Bertz CT molecular complexity index is 1570. The van der Waals surface area contributed by atoms with E-state index < -0.39 is 23.7 Å². The molecule has 0 bridgehead atoms. The van der Waals surface area contributed by atoms with Crippen LogP contribution in [0.1, 0.15) is 29.9 Å². The second kappa shape index (κ2) is 10.3. The van der Waals surface area contributed by atoms with E-state index in [1.165, 1.54) is 11.0 Å². The van der Waals surface area contributed by atoms with E-state index in [1.54, 1.807) is 30.3 Å². The number of nitrogens with zero attached hydrogens (tertiary/aromatic N) is 1. The average molecular weight is 600 g/mol.